The maximum Gasteiger partial charge on any atom is 0.259 e. The first-order valence-corrected chi connectivity index (χ1v) is 7.81. The van der Waals surface area contributed by atoms with Crippen molar-refractivity contribution >= 4 is 22.6 Å². The summed E-state index contributed by atoms with van der Waals surface area (Å²) in [5.74, 6) is 1.15. The van der Waals surface area contributed by atoms with E-state index in [4.69, 9.17) is 4.74 Å². The third kappa shape index (κ3) is 3.54. The molecule has 22 heavy (non-hydrogen) atoms. The van der Waals surface area contributed by atoms with Gasteiger partial charge in [-0.05, 0) is 46.4 Å². The van der Waals surface area contributed by atoms with Gasteiger partial charge in [0.05, 0.1) is 0 Å². The Balaban J connectivity index is 1.77. The summed E-state index contributed by atoms with van der Waals surface area (Å²) in [6, 6.07) is 16.8. The summed E-state index contributed by atoms with van der Waals surface area (Å²) in [5, 5.41) is 0. The van der Waals surface area contributed by atoms with E-state index in [2.05, 4.69) is 27.6 Å². The van der Waals surface area contributed by atoms with Gasteiger partial charge in [0, 0.05) is 22.0 Å². The molecule has 5 heteroatoms. The number of aromatic nitrogens is 2. The molecule has 0 spiro atoms. The summed E-state index contributed by atoms with van der Waals surface area (Å²) in [5.41, 5.74) is 0.894. The quantitative estimate of drug-likeness (QED) is 0.627. The molecule has 0 aliphatic rings. The number of pyridine rings is 2. The van der Waals surface area contributed by atoms with Crippen molar-refractivity contribution in [2.45, 2.75) is 6.61 Å². The Bertz CT molecular complexity index is 814. The molecule has 3 rings (SSSR count). The number of halogens is 1. The van der Waals surface area contributed by atoms with Crippen LogP contribution in [0.25, 0.3) is 5.82 Å². The fourth-order valence-electron chi connectivity index (χ4n) is 1.99. The van der Waals surface area contributed by atoms with Crippen LogP contribution in [0.3, 0.4) is 0 Å². The second-order valence-corrected chi connectivity index (χ2v) is 5.93. The Morgan fingerprint density at radius 1 is 1.09 bits per heavy atom. The number of benzene rings is 1. The lowest BCUT2D eigenvalue weighted by Crippen LogP contribution is -2.17. The SMILES string of the molecule is O=c1cc(OCc2ccccc2)ccn1-c1ccc(I)cn1. The molecule has 2 aromatic heterocycles. The van der Waals surface area contributed by atoms with Crippen molar-refractivity contribution in [3.05, 3.63) is 86.5 Å². The van der Waals surface area contributed by atoms with Crippen molar-refractivity contribution < 1.29 is 4.74 Å². The maximum absolute atomic E-state index is 12.2. The Morgan fingerprint density at radius 2 is 1.91 bits per heavy atom. The lowest BCUT2D eigenvalue weighted by molar-refractivity contribution is 0.305. The van der Waals surface area contributed by atoms with Gasteiger partial charge in [0.2, 0.25) is 0 Å². The Morgan fingerprint density at radius 3 is 2.59 bits per heavy atom. The van der Waals surface area contributed by atoms with Gasteiger partial charge in [0.15, 0.2) is 0 Å². The topological polar surface area (TPSA) is 44.1 Å². The standard InChI is InChI=1S/C17H13IN2O2/c18-14-6-7-16(19-11-14)20-9-8-15(10-17(20)21)22-12-13-4-2-1-3-5-13/h1-11H,12H2. The molecule has 0 amide bonds. The van der Waals surface area contributed by atoms with E-state index in [9.17, 15) is 4.79 Å². The molecule has 0 radical (unpaired) electrons. The summed E-state index contributed by atoms with van der Waals surface area (Å²) in [4.78, 5) is 16.4. The average molecular weight is 404 g/mol. The lowest BCUT2D eigenvalue weighted by atomic mass is 10.2. The van der Waals surface area contributed by atoms with Crippen molar-refractivity contribution in [1.82, 2.24) is 9.55 Å². The molecule has 0 atom stereocenters. The first kappa shape index (κ1) is 14.8. The van der Waals surface area contributed by atoms with Crippen molar-refractivity contribution in [1.29, 1.82) is 0 Å². The summed E-state index contributed by atoms with van der Waals surface area (Å²) in [7, 11) is 0. The van der Waals surface area contributed by atoms with E-state index in [1.807, 2.05) is 42.5 Å². The number of hydrogen-bond acceptors (Lipinski definition) is 3. The molecule has 2 heterocycles. The lowest BCUT2D eigenvalue weighted by Gasteiger charge is -2.08. The second-order valence-electron chi connectivity index (χ2n) is 4.68. The molecule has 0 aliphatic carbocycles. The predicted molar refractivity (Wildman–Crippen MR) is 93.3 cm³/mol. The molecule has 0 unspecified atom stereocenters. The van der Waals surface area contributed by atoms with Crippen molar-refractivity contribution in [3.8, 4) is 11.6 Å². The van der Waals surface area contributed by atoms with Crippen LogP contribution in [0.4, 0.5) is 0 Å². The Hall–Kier alpha value is -2.15. The van der Waals surface area contributed by atoms with E-state index >= 15 is 0 Å². The first-order chi connectivity index (χ1) is 10.7. The third-order valence-electron chi connectivity index (χ3n) is 3.10. The van der Waals surface area contributed by atoms with Crippen molar-refractivity contribution in [3.63, 3.8) is 0 Å². The number of nitrogens with zero attached hydrogens (tertiary/aromatic N) is 2. The van der Waals surface area contributed by atoms with Gasteiger partial charge in [0.25, 0.3) is 5.56 Å². The predicted octanol–water partition coefficient (Wildman–Crippen LogP) is 3.42. The van der Waals surface area contributed by atoms with Crippen molar-refractivity contribution in [2.75, 3.05) is 0 Å². The summed E-state index contributed by atoms with van der Waals surface area (Å²) < 4.78 is 8.16. The molecule has 0 N–H and O–H groups in total. The molecule has 0 bridgehead atoms. The minimum Gasteiger partial charge on any atom is -0.489 e. The average Bonchev–Trinajstić information content (AvgIpc) is 2.55. The van der Waals surface area contributed by atoms with Gasteiger partial charge in [-0.3, -0.25) is 9.36 Å². The van der Waals surface area contributed by atoms with Gasteiger partial charge in [-0.1, -0.05) is 30.3 Å². The van der Waals surface area contributed by atoms with Crippen LogP contribution in [0, 0.1) is 3.57 Å². The highest BCUT2D eigenvalue weighted by Gasteiger charge is 2.03. The van der Waals surface area contributed by atoms with Gasteiger partial charge in [-0.25, -0.2) is 4.98 Å². The van der Waals surface area contributed by atoms with E-state index in [0.29, 0.717) is 18.2 Å². The molecular formula is C17H13IN2O2. The van der Waals surface area contributed by atoms with Crippen LogP contribution in [-0.2, 0) is 6.61 Å². The molecule has 0 aliphatic heterocycles. The van der Waals surface area contributed by atoms with Crippen LogP contribution in [0.5, 0.6) is 5.75 Å². The van der Waals surface area contributed by atoms with Crippen LogP contribution in [0.2, 0.25) is 0 Å². The van der Waals surface area contributed by atoms with Crippen LogP contribution in [0.1, 0.15) is 5.56 Å². The molecule has 0 saturated heterocycles. The number of ether oxygens (including phenoxy) is 1. The highest BCUT2D eigenvalue weighted by Crippen LogP contribution is 2.12. The third-order valence-corrected chi connectivity index (χ3v) is 3.74. The van der Waals surface area contributed by atoms with Crippen LogP contribution >= 0.6 is 22.6 Å². The smallest absolute Gasteiger partial charge is 0.259 e. The highest BCUT2D eigenvalue weighted by atomic mass is 127. The normalized spacial score (nSPS) is 10.4. The molecule has 0 saturated carbocycles. The van der Waals surface area contributed by atoms with Crippen LogP contribution in [0.15, 0.2) is 71.8 Å². The summed E-state index contributed by atoms with van der Waals surface area (Å²) in [6.07, 6.45) is 3.40. The number of rotatable bonds is 4. The van der Waals surface area contributed by atoms with Crippen molar-refractivity contribution in [2.24, 2.45) is 0 Å². The van der Waals surface area contributed by atoms with Gasteiger partial charge in [-0.15, -0.1) is 0 Å². The zero-order valence-corrected chi connectivity index (χ0v) is 13.8. The van der Waals surface area contributed by atoms with E-state index in [1.165, 1.54) is 10.6 Å². The molecule has 3 aromatic rings. The molecule has 110 valence electrons. The van der Waals surface area contributed by atoms with E-state index in [-0.39, 0.29) is 5.56 Å². The van der Waals surface area contributed by atoms with E-state index < -0.39 is 0 Å². The minimum absolute atomic E-state index is 0.167. The second kappa shape index (κ2) is 6.74. The zero-order valence-electron chi connectivity index (χ0n) is 11.6. The minimum atomic E-state index is -0.167. The Labute approximate surface area is 141 Å². The zero-order chi connectivity index (χ0) is 15.4. The molecule has 1 aromatic carbocycles. The fourth-order valence-corrected chi connectivity index (χ4v) is 2.31. The molecular weight excluding hydrogens is 391 g/mol. The van der Waals surface area contributed by atoms with Crippen LogP contribution in [-0.4, -0.2) is 9.55 Å². The monoisotopic (exact) mass is 404 g/mol. The Kier molecular flexibility index (Phi) is 4.53. The van der Waals surface area contributed by atoms with Gasteiger partial charge >= 0.3 is 0 Å². The fraction of sp³-hybridized carbons (Fsp3) is 0.0588. The molecule has 4 nitrogen and oxygen atoms in total. The highest BCUT2D eigenvalue weighted by molar-refractivity contribution is 14.1. The first-order valence-electron chi connectivity index (χ1n) is 6.74. The van der Waals surface area contributed by atoms with Gasteiger partial charge < -0.3 is 4.74 Å². The summed E-state index contributed by atoms with van der Waals surface area (Å²) >= 11 is 2.18. The van der Waals surface area contributed by atoms with E-state index in [0.717, 1.165) is 9.13 Å². The van der Waals surface area contributed by atoms with E-state index in [1.54, 1.807) is 18.5 Å². The van der Waals surface area contributed by atoms with Gasteiger partial charge in [-0.2, -0.15) is 0 Å². The molecule has 0 fully saturated rings. The summed E-state index contributed by atoms with van der Waals surface area (Å²) in [6.45, 7) is 0.437. The van der Waals surface area contributed by atoms with Crippen LogP contribution < -0.4 is 10.3 Å². The largest absolute Gasteiger partial charge is 0.489 e. The van der Waals surface area contributed by atoms with Gasteiger partial charge in [0.1, 0.15) is 18.2 Å². The maximum atomic E-state index is 12.2. The number of hydrogen-bond donors (Lipinski definition) is 0.